The number of anilines is 1. The van der Waals surface area contributed by atoms with Crippen molar-refractivity contribution in [2.45, 2.75) is 6.61 Å². The van der Waals surface area contributed by atoms with Gasteiger partial charge in [-0.15, -0.1) is 0 Å². The average molecular weight is 314 g/mol. The minimum Gasteiger partial charge on any atom is -0.487 e. The van der Waals surface area contributed by atoms with E-state index in [1.54, 1.807) is 6.07 Å². The van der Waals surface area contributed by atoms with Gasteiger partial charge < -0.3 is 10.5 Å². The van der Waals surface area contributed by atoms with Gasteiger partial charge in [-0.3, -0.25) is 0 Å². The van der Waals surface area contributed by atoms with Gasteiger partial charge in [0.1, 0.15) is 24.0 Å². The van der Waals surface area contributed by atoms with E-state index in [1.165, 1.54) is 30.3 Å². The Morgan fingerprint density at radius 2 is 1.83 bits per heavy atom. The standard InChI is InChI=1S/C13H10BrF2NO/c14-9-3-8(4-11(16)5-9)7-18-13-6-10(15)1-2-12(13)17/h1-6H,7,17H2. The summed E-state index contributed by atoms with van der Waals surface area (Å²) in [6.07, 6.45) is 0. The van der Waals surface area contributed by atoms with Gasteiger partial charge in [0.2, 0.25) is 0 Å². The molecule has 0 aliphatic rings. The maximum atomic E-state index is 13.1. The molecular weight excluding hydrogens is 304 g/mol. The molecule has 0 saturated heterocycles. The highest BCUT2D eigenvalue weighted by Crippen LogP contribution is 2.24. The molecule has 94 valence electrons. The predicted octanol–water partition coefficient (Wildman–Crippen LogP) is 3.89. The van der Waals surface area contributed by atoms with Gasteiger partial charge in [-0.2, -0.15) is 0 Å². The molecular formula is C13H10BrF2NO. The monoisotopic (exact) mass is 313 g/mol. The van der Waals surface area contributed by atoms with E-state index in [0.717, 1.165) is 0 Å². The fourth-order valence-corrected chi connectivity index (χ4v) is 2.00. The summed E-state index contributed by atoms with van der Waals surface area (Å²) in [5.74, 6) is -0.551. The molecule has 2 aromatic rings. The fraction of sp³-hybridized carbons (Fsp3) is 0.0769. The first-order valence-electron chi connectivity index (χ1n) is 5.17. The molecule has 0 saturated carbocycles. The van der Waals surface area contributed by atoms with Crippen molar-refractivity contribution in [3.8, 4) is 5.75 Å². The van der Waals surface area contributed by atoms with E-state index in [2.05, 4.69) is 15.9 Å². The first-order chi connectivity index (χ1) is 8.54. The number of hydrogen-bond donors (Lipinski definition) is 1. The maximum Gasteiger partial charge on any atom is 0.145 e. The van der Waals surface area contributed by atoms with Gasteiger partial charge in [0, 0.05) is 10.5 Å². The van der Waals surface area contributed by atoms with Gasteiger partial charge in [-0.25, -0.2) is 8.78 Å². The first kappa shape index (κ1) is 12.8. The zero-order valence-corrected chi connectivity index (χ0v) is 10.9. The number of nitrogen functional groups attached to an aromatic ring is 1. The number of rotatable bonds is 3. The Bertz CT molecular complexity index is 555. The summed E-state index contributed by atoms with van der Waals surface area (Å²) >= 11 is 3.19. The predicted molar refractivity (Wildman–Crippen MR) is 69.2 cm³/mol. The highest BCUT2D eigenvalue weighted by Gasteiger charge is 2.04. The molecule has 5 heteroatoms. The van der Waals surface area contributed by atoms with Gasteiger partial charge in [-0.05, 0) is 35.9 Å². The fourth-order valence-electron chi connectivity index (χ4n) is 1.49. The second kappa shape index (κ2) is 5.35. The number of halogens is 3. The first-order valence-corrected chi connectivity index (χ1v) is 5.97. The number of hydrogen-bond acceptors (Lipinski definition) is 2. The molecule has 0 bridgehead atoms. The molecule has 2 rings (SSSR count). The lowest BCUT2D eigenvalue weighted by Crippen LogP contribution is -1.99. The molecule has 18 heavy (non-hydrogen) atoms. The minimum atomic E-state index is -0.431. The van der Waals surface area contributed by atoms with Crippen molar-refractivity contribution >= 4 is 21.6 Å². The summed E-state index contributed by atoms with van der Waals surface area (Å²) in [6.45, 7) is 0.115. The molecule has 2 N–H and O–H groups in total. The third kappa shape index (κ3) is 3.20. The quantitative estimate of drug-likeness (QED) is 0.873. The van der Waals surface area contributed by atoms with E-state index in [0.29, 0.717) is 15.7 Å². The van der Waals surface area contributed by atoms with Crippen LogP contribution in [0.2, 0.25) is 0 Å². The molecule has 0 radical (unpaired) electrons. The van der Waals surface area contributed by atoms with E-state index in [1.807, 2.05) is 0 Å². The van der Waals surface area contributed by atoms with Crippen molar-refractivity contribution in [1.82, 2.24) is 0 Å². The van der Waals surface area contributed by atoms with Crippen LogP contribution in [0.25, 0.3) is 0 Å². The van der Waals surface area contributed by atoms with E-state index in [4.69, 9.17) is 10.5 Å². The van der Waals surface area contributed by atoms with Crippen LogP contribution >= 0.6 is 15.9 Å². The highest BCUT2D eigenvalue weighted by atomic mass is 79.9. The van der Waals surface area contributed by atoms with Crippen molar-refractivity contribution in [3.63, 3.8) is 0 Å². The average Bonchev–Trinajstić information content (AvgIpc) is 2.29. The lowest BCUT2D eigenvalue weighted by Gasteiger charge is -2.09. The van der Waals surface area contributed by atoms with Crippen molar-refractivity contribution in [2.75, 3.05) is 5.73 Å². The highest BCUT2D eigenvalue weighted by molar-refractivity contribution is 9.10. The van der Waals surface area contributed by atoms with Gasteiger partial charge in [0.05, 0.1) is 5.69 Å². The van der Waals surface area contributed by atoms with E-state index in [9.17, 15) is 8.78 Å². The number of nitrogens with two attached hydrogens (primary N) is 1. The lowest BCUT2D eigenvalue weighted by molar-refractivity contribution is 0.305. The molecule has 2 nitrogen and oxygen atoms in total. The Hall–Kier alpha value is -1.62. The molecule has 0 heterocycles. The molecule has 0 aliphatic heterocycles. The van der Waals surface area contributed by atoms with Crippen LogP contribution in [-0.4, -0.2) is 0 Å². The Balaban J connectivity index is 2.13. The number of ether oxygens (including phenoxy) is 1. The summed E-state index contributed by atoms with van der Waals surface area (Å²) in [4.78, 5) is 0. The molecule has 0 spiro atoms. The summed E-state index contributed by atoms with van der Waals surface area (Å²) in [5, 5.41) is 0. The molecule has 0 amide bonds. The van der Waals surface area contributed by atoms with Gasteiger partial charge in [0.15, 0.2) is 0 Å². The summed E-state index contributed by atoms with van der Waals surface area (Å²) in [6, 6.07) is 8.29. The van der Waals surface area contributed by atoms with Crippen LogP contribution in [0.3, 0.4) is 0 Å². The van der Waals surface area contributed by atoms with Crippen LogP contribution in [0.15, 0.2) is 40.9 Å². The van der Waals surface area contributed by atoms with Gasteiger partial charge in [-0.1, -0.05) is 15.9 Å². The summed E-state index contributed by atoms with van der Waals surface area (Å²) in [7, 11) is 0. The van der Waals surface area contributed by atoms with Crippen LogP contribution < -0.4 is 10.5 Å². The Labute approximate surface area is 112 Å². The smallest absolute Gasteiger partial charge is 0.145 e. The molecule has 0 aromatic heterocycles. The molecule has 0 fully saturated rings. The van der Waals surface area contributed by atoms with Crippen LogP contribution in [0.5, 0.6) is 5.75 Å². The molecule has 2 aromatic carbocycles. The second-order valence-electron chi connectivity index (χ2n) is 3.75. The van der Waals surface area contributed by atoms with Crippen LogP contribution in [0.4, 0.5) is 14.5 Å². The molecule has 0 unspecified atom stereocenters. The molecule has 0 atom stereocenters. The van der Waals surface area contributed by atoms with Crippen molar-refractivity contribution < 1.29 is 13.5 Å². The second-order valence-corrected chi connectivity index (χ2v) is 4.66. The van der Waals surface area contributed by atoms with Crippen LogP contribution in [0.1, 0.15) is 5.56 Å². The largest absolute Gasteiger partial charge is 0.487 e. The third-order valence-electron chi connectivity index (χ3n) is 2.29. The maximum absolute atomic E-state index is 13.1. The Morgan fingerprint density at radius 3 is 2.56 bits per heavy atom. The number of benzene rings is 2. The van der Waals surface area contributed by atoms with Crippen molar-refractivity contribution in [1.29, 1.82) is 0 Å². The summed E-state index contributed by atoms with van der Waals surface area (Å²) < 4.78 is 32.1. The Morgan fingerprint density at radius 1 is 1.06 bits per heavy atom. The van der Waals surface area contributed by atoms with Crippen LogP contribution in [0, 0.1) is 11.6 Å². The van der Waals surface area contributed by atoms with E-state index >= 15 is 0 Å². The molecule has 0 aliphatic carbocycles. The van der Waals surface area contributed by atoms with E-state index < -0.39 is 5.82 Å². The normalized spacial score (nSPS) is 10.4. The Kier molecular flexibility index (Phi) is 3.81. The van der Waals surface area contributed by atoms with Gasteiger partial charge >= 0.3 is 0 Å². The zero-order valence-electron chi connectivity index (χ0n) is 9.29. The van der Waals surface area contributed by atoms with E-state index in [-0.39, 0.29) is 18.2 Å². The topological polar surface area (TPSA) is 35.2 Å². The van der Waals surface area contributed by atoms with Crippen molar-refractivity contribution in [2.24, 2.45) is 0 Å². The van der Waals surface area contributed by atoms with Crippen molar-refractivity contribution in [3.05, 3.63) is 58.1 Å². The minimum absolute atomic E-state index is 0.115. The zero-order chi connectivity index (χ0) is 13.1. The van der Waals surface area contributed by atoms with Crippen LogP contribution in [-0.2, 0) is 6.61 Å². The SMILES string of the molecule is Nc1ccc(F)cc1OCc1cc(F)cc(Br)c1. The van der Waals surface area contributed by atoms with Gasteiger partial charge in [0.25, 0.3) is 0 Å². The summed E-state index contributed by atoms with van der Waals surface area (Å²) in [5.41, 5.74) is 6.61. The lowest BCUT2D eigenvalue weighted by atomic mass is 10.2. The third-order valence-corrected chi connectivity index (χ3v) is 2.75.